The summed E-state index contributed by atoms with van der Waals surface area (Å²) in [5.74, 6) is -0.0302. The number of benzene rings is 2. The van der Waals surface area contributed by atoms with Gasteiger partial charge in [-0.1, -0.05) is 42.5 Å². The molecule has 1 amide bonds. The van der Waals surface area contributed by atoms with Crippen molar-refractivity contribution in [2.24, 2.45) is 7.05 Å². The molecule has 2 aromatic carbocycles. The Balaban J connectivity index is 1.73. The van der Waals surface area contributed by atoms with Crippen LogP contribution in [0.5, 0.6) is 5.75 Å². The summed E-state index contributed by atoms with van der Waals surface area (Å²) in [4.78, 5) is 28.8. The number of carbonyl (C=O) groups excluding carboxylic acids is 1. The Labute approximate surface area is 193 Å². The fourth-order valence-electron chi connectivity index (χ4n) is 3.53. The second kappa shape index (κ2) is 10.8. The summed E-state index contributed by atoms with van der Waals surface area (Å²) in [6, 6.07) is 15.0. The third-order valence-electron chi connectivity index (χ3n) is 5.06. The molecule has 174 valence electrons. The van der Waals surface area contributed by atoms with E-state index in [1.54, 1.807) is 39.3 Å². The van der Waals surface area contributed by atoms with Gasteiger partial charge in [0.2, 0.25) is 0 Å². The number of ether oxygens (including phenoxy) is 2. The van der Waals surface area contributed by atoms with E-state index >= 15 is 0 Å². The molecule has 0 saturated carbocycles. The first-order valence-corrected chi connectivity index (χ1v) is 10.7. The van der Waals surface area contributed by atoms with Crippen LogP contribution in [0.2, 0.25) is 0 Å². The molecule has 1 aromatic heterocycles. The van der Waals surface area contributed by atoms with Crippen molar-refractivity contribution in [2.45, 2.75) is 39.0 Å². The van der Waals surface area contributed by atoms with Gasteiger partial charge in [-0.3, -0.25) is 4.79 Å². The highest BCUT2D eigenvalue weighted by molar-refractivity contribution is 5.92. The number of nitrogens with one attached hydrogen (secondary N) is 1. The van der Waals surface area contributed by atoms with Gasteiger partial charge in [-0.2, -0.15) is 0 Å². The van der Waals surface area contributed by atoms with Gasteiger partial charge >= 0.3 is 5.97 Å². The standard InChI is InChI=1S/C25H29N3O5/c1-16(2)33-22(25(30)31)13-17-10-11-21(32-4)19(12-17)14-26-24(29)20-15-28(3)23(27-20)18-8-6-5-7-9-18/h5-12,15-16,22H,13-14H2,1-4H3,(H,26,29)(H,30,31). The lowest BCUT2D eigenvalue weighted by atomic mass is 10.0. The number of amides is 1. The summed E-state index contributed by atoms with van der Waals surface area (Å²) in [5.41, 5.74) is 2.74. The second-order valence-electron chi connectivity index (χ2n) is 7.97. The minimum atomic E-state index is -1.02. The average molecular weight is 452 g/mol. The van der Waals surface area contributed by atoms with Crippen LogP contribution in [-0.4, -0.2) is 45.9 Å². The number of nitrogens with zero attached hydrogens (tertiary/aromatic N) is 2. The van der Waals surface area contributed by atoms with E-state index in [2.05, 4.69) is 10.3 Å². The van der Waals surface area contributed by atoms with E-state index < -0.39 is 12.1 Å². The molecule has 0 fully saturated rings. The Morgan fingerprint density at radius 3 is 2.52 bits per heavy atom. The van der Waals surface area contributed by atoms with E-state index in [9.17, 15) is 14.7 Å². The fraction of sp³-hybridized carbons (Fsp3) is 0.320. The molecule has 2 N–H and O–H groups in total. The maximum atomic E-state index is 12.8. The van der Waals surface area contributed by atoms with Crippen LogP contribution in [0.1, 0.15) is 35.5 Å². The Hall–Kier alpha value is -3.65. The van der Waals surface area contributed by atoms with E-state index in [0.29, 0.717) is 17.3 Å². The number of hydrogen-bond acceptors (Lipinski definition) is 5. The van der Waals surface area contributed by atoms with E-state index in [4.69, 9.17) is 9.47 Å². The number of carboxylic acid groups (broad SMARTS) is 1. The summed E-state index contributed by atoms with van der Waals surface area (Å²) < 4.78 is 12.7. The first-order chi connectivity index (χ1) is 15.8. The van der Waals surface area contributed by atoms with Crippen LogP contribution in [0.3, 0.4) is 0 Å². The van der Waals surface area contributed by atoms with Crippen molar-refractivity contribution in [1.82, 2.24) is 14.9 Å². The molecule has 0 bridgehead atoms. The van der Waals surface area contributed by atoms with Gasteiger partial charge in [-0.05, 0) is 25.5 Å². The number of aryl methyl sites for hydroxylation is 1. The number of hydrogen-bond donors (Lipinski definition) is 2. The predicted molar refractivity (Wildman–Crippen MR) is 124 cm³/mol. The molecular formula is C25H29N3O5. The topological polar surface area (TPSA) is 103 Å². The zero-order valence-electron chi connectivity index (χ0n) is 19.2. The molecule has 1 heterocycles. The van der Waals surface area contributed by atoms with Crippen molar-refractivity contribution in [2.75, 3.05) is 7.11 Å². The highest BCUT2D eigenvalue weighted by Gasteiger charge is 2.21. The first-order valence-electron chi connectivity index (χ1n) is 10.7. The fourth-order valence-corrected chi connectivity index (χ4v) is 3.53. The van der Waals surface area contributed by atoms with Crippen LogP contribution < -0.4 is 10.1 Å². The molecular weight excluding hydrogens is 422 g/mol. The lowest BCUT2D eigenvalue weighted by molar-refractivity contribution is -0.153. The van der Waals surface area contributed by atoms with Crippen molar-refractivity contribution in [3.63, 3.8) is 0 Å². The predicted octanol–water partition coefficient (Wildman–Crippen LogP) is 3.45. The van der Waals surface area contributed by atoms with E-state index in [0.717, 1.165) is 16.7 Å². The molecule has 1 atom stereocenters. The maximum Gasteiger partial charge on any atom is 0.333 e. The molecule has 1 unspecified atom stereocenters. The van der Waals surface area contributed by atoms with Crippen LogP contribution in [0.25, 0.3) is 11.4 Å². The third-order valence-corrected chi connectivity index (χ3v) is 5.06. The van der Waals surface area contributed by atoms with Crippen molar-refractivity contribution in [3.8, 4) is 17.1 Å². The van der Waals surface area contributed by atoms with Crippen molar-refractivity contribution in [1.29, 1.82) is 0 Å². The normalized spacial score (nSPS) is 11.9. The van der Waals surface area contributed by atoms with Crippen LogP contribution >= 0.6 is 0 Å². The van der Waals surface area contributed by atoms with E-state index in [1.807, 2.05) is 48.0 Å². The molecule has 3 rings (SSSR count). The minimum Gasteiger partial charge on any atom is -0.496 e. The average Bonchev–Trinajstić information content (AvgIpc) is 3.19. The Kier molecular flexibility index (Phi) is 7.84. The van der Waals surface area contributed by atoms with Crippen LogP contribution in [0.4, 0.5) is 0 Å². The molecule has 8 heteroatoms. The number of aliphatic carboxylic acids is 1. The second-order valence-corrected chi connectivity index (χ2v) is 7.97. The van der Waals surface area contributed by atoms with Gasteiger partial charge in [-0.15, -0.1) is 0 Å². The first kappa shape index (κ1) is 24.0. The molecule has 3 aromatic rings. The largest absolute Gasteiger partial charge is 0.496 e. The van der Waals surface area contributed by atoms with Gasteiger partial charge in [0.1, 0.15) is 17.3 Å². The molecule has 0 spiro atoms. The summed E-state index contributed by atoms with van der Waals surface area (Å²) in [7, 11) is 3.39. The number of aromatic nitrogens is 2. The van der Waals surface area contributed by atoms with Gasteiger partial charge in [0.15, 0.2) is 6.10 Å². The smallest absolute Gasteiger partial charge is 0.333 e. The van der Waals surface area contributed by atoms with Gasteiger partial charge in [-0.25, -0.2) is 9.78 Å². The van der Waals surface area contributed by atoms with Crippen LogP contribution in [0, 0.1) is 0 Å². The third kappa shape index (κ3) is 6.20. The minimum absolute atomic E-state index is 0.204. The number of carbonyl (C=O) groups is 2. The monoisotopic (exact) mass is 451 g/mol. The highest BCUT2D eigenvalue weighted by atomic mass is 16.5. The Bertz CT molecular complexity index is 1110. The highest BCUT2D eigenvalue weighted by Crippen LogP contribution is 2.22. The zero-order valence-corrected chi connectivity index (χ0v) is 19.2. The molecule has 0 aliphatic rings. The summed E-state index contributed by atoms with van der Waals surface area (Å²) in [6.45, 7) is 3.80. The molecule has 33 heavy (non-hydrogen) atoms. The van der Waals surface area contributed by atoms with Crippen molar-refractivity contribution >= 4 is 11.9 Å². The lowest BCUT2D eigenvalue weighted by Gasteiger charge is -2.17. The number of imidazole rings is 1. The molecule has 0 aliphatic carbocycles. The van der Waals surface area contributed by atoms with Crippen LogP contribution in [0.15, 0.2) is 54.7 Å². The van der Waals surface area contributed by atoms with Gasteiger partial charge in [0.05, 0.1) is 13.2 Å². The van der Waals surface area contributed by atoms with Gasteiger partial charge < -0.3 is 24.5 Å². The summed E-state index contributed by atoms with van der Waals surface area (Å²) >= 11 is 0. The Morgan fingerprint density at radius 1 is 1.15 bits per heavy atom. The summed E-state index contributed by atoms with van der Waals surface area (Å²) in [5, 5.41) is 12.3. The molecule has 8 nitrogen and oxygen atoms in total. The van der Waals surface area contributed by atoms with Crippen molar-refractivity contribution in [3.05, 3.63) is 71.5 Å². The van der Waals surface area contributed by atoms with Gasteiger partial charge in [0, 0.05) is 37.3 Å². The number of carboxylic acids is 1. The van der Waals surface area contributed by atoms with E-state index in [-0.39, 0.29) is 25.0 Å². The summed E-state index contributed by atoms with van der Waals surface area (Å²) in [6.07, 6.45) is 0.735. The number of rotatable bonds is 10. The number of methoxy groups -OCH3 is 1. The molecule has 0 radical (unpaired) electrons. The quantitative estimate of drug-likeness (QED) is 0.490. The molecule has 0 aliphatic heterocycles. The Morgan fingerprint density at radius 2 is 1.88 bits per heavy atom. The SMILES string of the molecule is COc1ccc(CC(OC(C)C)C(=O)O)cc1CNC(=O)c1cn(C)c(-c2ccccc2)n1. The van der Waals surface area contributed by atoms with Gasteiger partial charge in [0.25, 0.3) is 5.91 Å². The maximum absolute atomic E-state index is 12.8. The lowest BCUT2D eigenvalue weighted by Crippen LogP contribution is -2.29. The molecule has 0 saturated heterocycles. The zero-order chi connectivity index (χ0) is 24.0. The van der Waals surface area contributed by atoms with Crippen molar-refractivity contribution < 1.29 is 24.2 Å². The van der Waals surface area contributed by atoms with E-state index in [1.165, 1.54) is 0 Å². The van der Waals surface area contributed by atoms with Crippen LogP contribution in [-0.2, 0) is 29.5 Å².